The summed E-state index contributed by atoms with van der Waals surface area (Å²) < 4.78 is 11.1. The van der Waals surface area contributed by atoms with Crippen molar-refractivity contribution in [2.24, 2.45) is 0 Å². The lowest BCUT2D eigenvalue weighted by Crippen LogP contribution is -2.46. The maximum absolute atomic E-state index is 13.0. The molecule has 4 rings (SSSR count). The lowest BCUT2D eigenvalue weighted by molar-refractivity contribution is -0.139. The van der Waals surface area contributed by atoms with Crippen molar-refractivity contribution in [3.05, 3.63) is 40.5 Å². The highest BCUT2D eigenvalue weighted by Crippen LogP contribution is 2.33. The number of benzene rings is 1. The summed E-state index contributed by atoms with van der Waals surface area (Å²) in [7, 11) is 0. The SMILES string of the molecule is Cc1nc([C@@H]2CCCN(C(=O)[C@@H]3Cc4cc(C)c(C)cc4O3)C2)no1. The van der Waals surface area contributed by atoms with E-state index in [-0.39, 0.29) is 11.8 Å². The van der Waals surface area contributed by atoms with Crippen molar-refractivity contribution in [2.75, 3.05) is 13.1 Å². The quantitative estimate of drug-likeness (QED) is 0.840. The number of hydrogen-bond donors (Lipinski definition) is 0. The molecule has 0 radical (unpaired) electrons. The van der Waals surface area contributed by atoms with Gasteiger partial charge in [-0.05, 0) is 49.4 Å². The molecule has 1 amide bonds. The van der Waals surface area contributed by atoms with Crippen molar-refractivity contribution < 1.29 is 14.1 Å². The van der Waals surface area contributed by atoms with Gasteiger partial charge in [-0.3, -0.25) is 4.79 Å². The Labute approximate surface area is 147 Å². The molecule has 0 unspecified atom stereocenters. The van der Waals surface area contributed by atoms with Crippen molar-refractivity contribution in [1.82, 2.24) is 15.0 Å². The number of fused-ring (bicyclic) bond motifs is 1. The fraction of sp³-hybridized carbons (Fsp3) is 0.526. The van der Waals surface area contributed by atoms with Gasteiger partial charge in [0, 0.05) is 32.4 Å². The Morgan fingerprint density at radius 3 is 2.80 bits per heavy atom. The minimum atomic E-state index is -0.415. The van der Waals surface area contributed by atoms with E-state index < -0.39 is 6.10 Å². The van der Waals surface area contributed by atoms with Gasteiger partial charge in [0.05, 0.1) is 0 Å². The molecule has 6 heteroatoms. The number of amides is 1. The molecule has 1 aromatic carbocycles. The van der Waals surface area contributed by atoms with Crippen LogP contribution in [0.2, 0.25) is 0 Å². The molecule has 0 aliphatic carbocycles. The summed E-state index contributed by atoms with van der Waals surface area (Å²) in [6.45, 7) is 7.34. The number of carbonyl (C=O) groups excluding carboxylic acids is 1. The summed E-state index contributed by atoms with van der Waals surface area (Å²) in [6, 6.07) is 4.18. The van der Waals surface area contributed by atoms with Gasteiger partial charge in [0.15, 0.2) is 11.9 Å². The van der Waals surface area contributed by atoms with Crippen molar-refractivity contribution in [3.63, 3.8) is 0 Å². The van der Waals surface area contributed by atoms with Crippen LogP contribution in [0.25, 0.3) is 0 Å². The Morgan fingerprint density at radius 1 is 1.24 bits per heavy atom. The summed E-state index contributed by atoms with van der Waals surface area (Å²) in [5.41, 5.74) is 3.56. The smallest absolute Gasteiger partial charge is 0.264 e. The molecule has 0 saturated carbocycles. The average molecular weight is 341 g/mol. The highest BCUT2D eigenvalue weighted by Gasteiger charge is 2.35. The molecular weight excluding hydrogens is 318 g/mol. The van der Waals surface area contributed by atoms with Crippen molar-refractivity contribution >= 4 is 5.91 Å². The molecule has 6 nitrogen and oxygen atoms in total. The normalized spacial score (nSPS) is 22.6. The Kier molecular flexibility index (Phi) is 3.98. The maximum atomic E-state index is 13.0. The Balaban J connectivity index is 1.46. The fourth-order valence-corrected chi connectivity index (χ4v) is 3.72. The van der Waals surface area contributed by atoms with Crippen LogP contribution in [0.5, 0.6) is 5.75 Å². The molecular formula is C19H23N3O3. The first-order valence-corrected chi connectivity index (χ1v) is 8.87. The molecule has 2 aliphatic rings. The Morgan fingerprint density at radius 2 is 2.04 bits per heavy atom. The van der Waals surface area contributed by atoms with Gasteiger partial charge in [0.2, 0.25) is 5.89 Å². The number of piperidine rings is 1. The van der Waals surface area contributed by atoms with E-state index in [1.165, 1.54) is 11.1 Å². The number of hydrogen-bond acceptors (Lipinski definition) is 5. The van der Waals surface area contributed by atoms with Crippen LogP contribution in [0, 0.1) is 20.8 Å². The van der Waals surface area contributed by atoms with Gasteiger partial charge in [-0.15, -0.1) is 0 Å². The minimum Gasteiger partial charge on any atom is -0.480 e. The van der Waals surface area contributed by atoms with Gasteiger partial charge in [0.1, 0.15) is 5.75 Å². The zero-order valence-electron chi connectivity index (χ0n) is 14.9. The number of nitrogens with zero attached hydrogens (tertiary/aromatic N) is 3. The van der Waals surface area contributed by atoms with Gasteiger partial charge < -0.3 is 14.2 Å². The van der Waals surface area contributed by atoms with E-state index in [0.29, 0.717) is 24.7 Å². The maximum Gasteiger partial charge on any atom is 0.264 e. The van der Waals surface area contributed by atoms with Crippen LogP contribution in [0.15, 0.2) is 16.7 Å². The number of ether oxygens (including phenoxy) is 1. The zero-order chi connectivity index (χ0) is 17.6. The highest BCUT2D eigenvalue weighted by molar-refractivity contribution is 5.83. The molecule has 2 aliphatic heterocycles. The lowest BCUT2D eigenvalue weighted by atomic mass is 9.96. The van der Waals surface area contributed by atoms with Gasteiger partial charge in [0.25, 0.3) is 5.91 Å². The Bertz CT molecular complexity index is 783. The van der Waals surface area contributed by atoms with E-state index in [2.05, 4.69) is 30.1 Å². The third-order valence-corrected chi connectivity index (χ3v) is 5.27. The van der Waals surface area contributed by atoms with Gasteiger partial charge in [-0.2, -0.15) is 4.98 Å². The number of aromatic nitrogens is 2. The topological polar surface area (TPSA) is 68.5 Å². The largest absolute Gasteiger partial charge is 0.480 e. The second-order valence-electron chi connectivity index (χ2n) is 7.15. The second-order valence-corrected chi connectivity index (χ2v) is 7.15. The molecule has 2 aromatic rings. The molecule has 0 bridgehead atoms. The molecule has 132 valence electrons. The van der Waals surface area contributed by atoms with Crippen LogP contribution in [-0.4, -0.2) is 40.1 Å². The number of rotatable bonds is 2. The molecule has 3 heterocycles. The molecule has 1 aromatic heterocycles. The van der Waals surface area contributed by atoms with Crippen LogP contribution >= 0.6 is 0 Å². The Hall–Kier alpha value is -2.37. The third kappa shape index (κ3) is 3.01. The highest BCUT2D eigenvalue weighted by atomic mass is 16.5. The van der Waals surface area contributed by atoms with Crippen LogP contribution in [0.1, 0.15) is 47.2 Å². The third-order valence-electron chi connectivity index (χ3n) is 5.27. The molecule has 1 saturated heterocycles. The first-order chi connectivity index (χ1) is 12.0. The summed E-state index contributed by atoms with van der Waals surface area (Å²) in [5, 5.41) is 4.03. The summed E-state index contributed by atoms with van der Waals surface area (Å²) in [4.78, 5) is 19.2. The summed E-state index contributed by atoms with van der Waals surface area (Å²) in [5.74, 6) is 2.33. The fourth-order valence-electron chi connectivity index (χ4n) is 3.72. The van der Waals surface area contributed by atoms with Crippen LogP contribution in [0.3, 0.4) is 0 Å². The van der Waals surface area contributed by atoms with E-state index in [4.69, 9.17) is 9.26 Å². The van der Waals surface area contributed by atoms with E-state index in [1.54, 1.807) is 6.92 Å². The monoisotopic (exact) mass is 341 g/mol. The predicted octanol–water partition coefficient (Wildman–Crippen LogP) is 2.70. The van der Waals surface area contributed by atoms with Gasteiger partial charge in [-0.1, -0.05) is 11.2 Å². The van der Waals surface area contributed by atoms with Crippen LogP contribution in [-0.2, 0) is 11.2 Å². The summed E-state index contributed by atoms with van der Waals surface area (Å²) in [6.07, 6.45) is 2.16. The number of likely N-dealkylation sites (tertiary alicyclic amines) is 1. The van der Waals surface area contributed by atoms with E-state index in [0.717, 1.165) is 30.7 Å². The standard InChI is InChI=1S/C19H23N3O3/c1-11-7-15-9-17(24-16(15)8-12(11)2)19(23)22-6-4-5-14(10-22)18-20-13(3)25-21-18/h7-8,14,17H,4-6,9-10H2,1-3H3/t14-,17+/m1/s1. The molecule has 2 atom stereocenters. The predicted molar refractivity (Wildman–Crippen MR) is 91.6 cm³/mol. The lowest BCUT2D eigenvalue weighted by Gasteiger charge is -2.32. The number of carbonyl (C=O) groups is 1. The first-order valence-electron chi connectivity index (χ1n) is 8.87. The minimum absolute atomic E-state index is 0.0661. The second kappa shape index (κ2) is 6.17. The van der Waals surface area contributed by atoms with Gasteiger partial charge in [-0.25, -0.2) is 0 Å². The molecule has 0 spiro atoms. The van der Waals surface area contributed by atoms with E-state index >= 15 is 0 Å². The molecule has 25 heavy (non-hydrogen) atoms. The van der Waals surface area contributed by atoms with E-state index in [9.17, 15) is 4.79 Å². The van der Waals surface area contributed by atoms with Gasteiger partial charge >= 0.3 is 0 Å². The average Bonchev–Trinajstić information content (AvgIpc) is 3.21. The van der Waals surface area contributed by atoms with Crippen LogP contribution in [0.4, 0.5) is 0 Å². The first kappa shape index (κ1) is 16.1. The van der Waals surface area contributed by atoms with Crippen molar-refractivity contribution in [1.29, 1.82) is 0 Å². The van der Waals surface area contributed by atoms with Crippen molar-refractivity contribution in [2.45, 2.75) is 52.1 Å². The summed E-state index contributed by atoms with van der Waals surface area (Å²) >= 11 is 0. The zero-order valence-corrected chi connectivity index (χ0v) is 14.9. The molecule has 1 fully saturated rings. The van der Waals surface area contributed by atoms with Crippen molar-refractivity contribution in [3.8, 4) is 5.75 Å². The molecule has 0 N–H and O–H groups in total. The van der Waals surface area contributed by atoms with Crippen LogP contribution < -0.4 is 4.74 Å². The number of aryl methyl sites for hydroxylation is 3. The van der Waals surface area contributed by atoms with E-state index in [1.807, 2.05) is 11.0 Å².